The highest BCUT2D eigenvalue weighted by molar-refractivity contribution is 6.27. The van der Waals surface area contributed by atoms with Gasteiger partial charge in [-0.15, -0.1) is 0 Å². The third kappa shape index (κ3) is 5.13. The molecule has 3 heterocycles. The minimum atomic E-state index is 0.598. The molecule has 5 nitrogen and oxygen atoms in total. The van der Waals surface area contributed by atoms with E-state index in [1.807, 2.05) is 30.3 Å². The number of para-hydroxylation sites is 2. The van der Waals surface area contributed by atoms with Crippen molar-refractivity contribution < 1.29 is 4.42 Å². The van der Waals surface area contributed by atoms with Gasteiger partial charge >= 0.3 is 0 Å². The first-order valence-corrected chi connectivity index (χ1v) is 18.8. The molecular formula is C51H32N4O. The monoisotopic (exact) mass is 716 g/mol. The lowest BCUT2D eigenvalue weighted by atomic mass is 9.89. The summed E-state index contributed by atoms with van der Waals surface area (Å²) in [6, 6.07) is 65.7. The van der Waals surface area contributed by atoms with Crippen LogP contribution in [0.1, 0.15) is 0 Å². The van der Waals surface area contributed by atoms with Gasteiger partial charge in [-0.2, -0.15) is 0 Å². The molecule has 0 saturated carbocycles. The average Bonchev–Trinajstić information content (AvgIpc) is 3.83. The van der Waals surface area contributed by atoms with Crippen LogP contribution in [0.15, 0.2) is 199 Å². The predicted octanol–water partition coefficient (Wildman–Crippen LogP) is 13.2. The summed E-state index contributed by atoms with van der Waals surface area (Å²) in [6.07, 6.45) is 1.62. The third-order valence-corrected chi connectivity index (χ3v) is 10.8. The van der Waals surface area contributed by atoms with Crippen LogP contribution in [0, 0.1) is 0 Å². The summed E-state index contributed by atoms with van der Waals surface area (Å²) in [5.41, 5.74) is 13.4. The van der Waals surface area contributed by atoms with E-state index in [0.29, 0.717) is 11.6 Å². The Labute approximate surface area is 322 Å². The van der Waals surface area contributed by atoms with Crippen LogP contribution in [0.2, 0.25) is 0 Å². The fourth-order valence-electron chi connectivity index (χ4n) is 8.32. The number of benzene rings is 8. The minimum Gasteiger partial charge on any atom is -0.456 e. The van der Waals surface area contributed by atoms with Crippen molar-refractivity contribution in [3.8, 4) is 61.8 Å². The molecule has 0 aliphatic carbocycles. The van der Waals surface area contributed by atoms with Gasteiger partial charge in [0.15, 0.2) is 11.6 Å². The number of hydrogen-bond acceptors (Lipinski definition) is 4. The van der Waals surface area contributed by atoms with E-state index >= 15 is 0 Å². The van der Waals surface area contributed by atoms with Crippen LogP contribution in [0.25, 0.3) is 106 Å². The molecule has 0 atom stereocenters. The van der Waals surface area contributed by atoms with Gasteiger partial charge in [0.1, 0.15) is 17.5 Å². The van der Waals surface area contributed by atoms with Gasteiger partial charge in [-0.3, -0.25) is 0 Å². The maximum Gasteiger partial charge on any atom is 0.164 e. The van der Waals surface area contributed by atoms with Crippen LogP contribution in [0.4, 0.5) is 0 Å². The lowest BCUT2D eigenvalue weighted by Gasteiger charge is -2.16. The van der Waals surface area contributed by atoms with Gasteiger partial charge in [0.2, 0.25) is 0 Å². The SMILES string of the molecule is c1ccc(-c2ncnc(-c3cc(-c4ccccc4-c4ccccc4)ccc3-c3cccc4oc5ccc6c7ccccc7n(-c7ccccc7)c6c5c34)n2)cc1. The average molecular weight is 717 g/mol. The van der Waals surface area contributed by atoms with Gasteiger partial charge in [0, 0.05) is 33.0 Å². The van der Waals surface area contributed by atoms with Crippen molar-refractivity contribution in [2.24, 2.45) is 0 Å². The predicted molar refractivity (Wildman–Crippen MR) is 229 cm³/mol. The van der Waals surface area contributed by atoms with Crippen molar-refractivity contribution in [3.63, 3.8) is 0 Å². The summed E-state index contributed by atoms with van der Waals surface area (Å²) < 4.78 is 9.11. The first-order chi connectivity index (χ1) is 27.8. The molecule has 0 N–H and O–H groups in total. The van der Waals surface area contributed by atoms with Crippen molar-refractivity contribution in [3.05, 3.63) is 194 Å². The Morgan fingerprint density at radius 1 is 0.393 bits per heavy atom. The highest BCUT2D eigenvalue weighted by Crippen LogP contribution is 2.46. The molecule has 56 heavy (non-hydrogen) atoms. The molecule has 3 aromatic heterocycles. The second-order valence-corrected chi connectivity index (χ2v) is 14.0. The summed E-state index contributed by atoms with van der Waals surface area (Å²) in [6.45, 7) is 0. The van der Waals surface area contributed by atoms with Gasteiger partial charge in [-0.25, -0.2) is 15.0 Å². The summed E-state index contributed by atoms with van der Waals surface area (Å²) in [4.78, 5) is 14.6. The van der Waals surface area contributed by atoms with Crippen LogP contribution in [0.5, 0.6) is 0 Å². The summed E-state index contributed by atoms with van der Waals surface area (Å²) in [7, 11) is 0. The maximum absolute atomic E-state index is 6.74. The van der Waals surface area contributed by atoms with Gasteiger partial charge < -0.3 is 8.98 Å². The van der Waals surface area contributed by atoms with Crippen LogP contribution in [-0.4, -0.2) is 19.5 Å². The molecule has 5 heteroatoms. The van der Waals surface area contributed by atoms with Crippen molar-refractivity contribution in [1.29, 1.82) is 0 Å². The van der Waals surface area contributed by atoms with Gasteiger partial charge in [-0.05, 0) is 75.8 Å². The number of fused-ring (bicyclic) bond motifs is 7. The van der Waals surface area contributed by atoms with Gasteiger partial charge in [-0.1, -0.05) is 146 Å². The molecule has 0 spiro atoms. The molecule has 0 radical (unpaired) electrons. The number of aromatic nitrogens is 4. The molecule has 0 amide bonds. The largest absolute Gasteiger partial charge is 0.456 e. The molecular weight excluding hydrogens is 685 g/mol. The van der Waals surface area contributed by atoms with E-state index in [1.165, 1.54) is 10.8 Å². The summed E-state index contributed by atoms with van der Waals surface area (Å²) in [5, 5.41) is 4.48. The molecule has 11 rings (SSSR count). The molecule has 11 aromatic rings. The first kappa shape index (κ1) is 31.9. The third-order valence-electron chi connectivity index (χ3n) is 10.8. The van der Waals surface area contributed by atoms with E-state index < -0.39 is 0 Å². The van der Waals surface area contributed by atoms with Crippen molar-refractivity contribution in [1.82, 2.24) is 19.5 Å². The second-order valence-electron chi connectivity index (χ2n) is 14.0. The molecule has 0 aliphatic rings. The minimum absolute atomic E-state index is 0.598. The van der Waals surface area contributed by atoms with Crippen LogP contribution in [0.3, 0.4) is 0 Å². The molecule has 0 aliphatic heterocycles. The molecule has 0 saturated heterocycles. The Hall–Kier alpha value is -7.63. The van der Waals surface area contributed by atoms with Gasteiger partial charge in [0.05, 0.1) is 16.4 Å². The number of furan rings is 1. The van der Waals surface area contributed by atoms with Crippen molar-refractivity contribution in [2.75, 3.05) is 0 Å². The van der Waals surface area contributed by atoms with Crippen LogP contribution in [-0.2, 0) is 0 Å². The van der Waals surface area contributed by atoms with Crippen molar-refractivity contribution in [2.45, 2.75) is 0 Å². The highest BCUT2D eigenvalue weighted by atomic mass is 16.3. The standard InChI is InChI=1S/C51H32N4O/c1-4-15-33(16-5-1)37-21-10-11-22-38(37)35-27-28-39(43(31-35)51-53-32-52-50(54-51)34-17-6-2-7-18-34)41-24-14-26-45-47(41)48-46(56-45)30-29-42-40-23-12-13-25-44(40)55(49(42)48)36-19-8-3-9-20-36/h1-32H. The maximum atomic E-state index is 6.74. The van der Waals surface area contributed by atoms with Crippen LogP contribution >= 0.6 is 0 Å². The van der Waals surface area contributed by atoms with Gasteiger partial charge in [0.25, 0.3) is 0 Å². The quantitative estimate of drug-likeness (QED) is 0.172. The number of rotatable bonds is 6. The number of nitrogens with zero attached hydrogens (tertiary/aromatic N) is 4. The lowest BCUT2D eigenvalue weighted by Crippen LogP contribution is -1.98. The zero-order valence-electron chi connectivity index (χ0n) is 30.2. The molecule has 262 valence electrons. The Morgan fingerprint density at radius 2 is 1.04 bits per heavy atom. The van der Waals surface area contributed by atoms with Crippen molar-refractivity contribution >= 4 is 43.7 Å². The highest BCUT2D eigenvalue weighted by Gasteiger charge is 2.23. The summed E-state index contributed by atoms with van der Waals surface area (Å²) in [5.74, 6) is 1.22. The molecule has 0 fully saturated rings. The van der Waals surface area contributed by atoms with E-state index in [-0.39, 0.29) is 0 Å². The smallest absolute Gasteiger partial charge is 0.164 e. The fourth-order valence-corrected chi connectivity index (χ4v) is 8.32. The first-order valence-electron chi connectivity index (χ1n) is 18.8. The van der Waals surface area contributed by atoms with E-state index in [4.69, 9.17) is 14.4 Å². The second kappa shape index (κ2) is 13.0. The molecule has 8 aromatic carbocycles. The Balaban J connectivity index is 1.22. The molecule has 0 unspecified atom stereocenters. The van der Waals surface area contributed by atoms with Crippen LogP contribution < -0.4 is 0 Å². The van der Waals surface area contributed by atoms with E-state index in [2.05, 4.69) is 167 Å². The van der Waals surface area contributed by atoms with E-state index in [1.54, 1.807) is 6.33 Å². The topological polar surface area (TPSA) is 56.7 Å². The zero-order chi connectivity index (χ0) is 37.0. The number of hydrogen-bond donors (Lipinski definition) is 0. The Bertz CT molecular complexity index is 3240. The fraction of sp³-hybridized carbons (Fsp3) is 0. The zero-order valence-corrected chi connectivity index (χ0v) is 30.2. The Kier molecular flexibility index (Phi) is 7.42. The van der Waals surface area contributed by atoms with E-state index in [9.17, 15) is 0 Å². The van der Waals surface area contributed by atoms with E-state index in [0.717, 1.165) is 83.2 Å². The Morgan fingerprint density at radius 3 is 1.84 bits per heavy atom. The summed E-state index contributed by atoms with van der Waals surface area (Å²) >= 11 is 0. The molecule has 0 bridgehead atoms. The normalized spacial score (nSPS) is 11.6. The lowest BCUT2D eigenvalue weighted by molar-refractivity contribution is 0.669.